The Hall–Kier alpha value is -2.26. The number of nitrogens with one attached hydrogen (secondary N) is 1. The second-order valence-corrected chi connectivity index (χ2v) is 10.3. The van der Waals surface area contributed by atoms with Crippen LogP contribution in [0.4, 0.5) is 0 Å². The standard InChI is InChI=1S/C23H33N5O3S/c1-15-6-4-5-9-28(15)20(30)14-26-10-12-27(13-11-26)19(29)8-7-18-24-22(31)21-16(2)17(3)32-23(21)25-18/h15H,4-14H2,1-3H3,(H,24,25,31). The van der Waals surface area contributed by atoms with Crippen LogP contribution in [0.5, 0.6) is 0 Å². The summed E-state index contributed by atoms with van der Waals surface area (Å²) < 4.78 is 0. The zero-order valence-corrected chi connectivity index (χ0v) is 20.1. The van der Waals surface area contributed by atoms with Crippen LogP contribution in [-0.2, 0) is 16.0 Å². The van der Waals surface area contributed by atoms with E-state index < -0.39 is 0 Å². The summed E-state index contributed by atoms with van der Waals surface area (Å²) in [6, 6.07) is 0.334. The minimum atomic E-state index is -0.124. The van der Waals surface area contributed by atoms with Crippen LogP contribution in [0, 0.1) is 13.8 Å². The highest BCUT2D eigenvalue weighted by atomic mass is 32.1. The molecule has 2 aromatic heterocycles. The third-order valence-corrected chi connectivity index (χ3v) is 7.97. The highest BCUT2D eigenvalue weighted by Gasteiger charge is 2.27. The number of nitrogens with zero attached hydrogens (tertiary/aromatic N) is 4. The molecule has 0 spiro atoms. The first-order valence-corrected chi connectivity index (χ1v) is 12.4. The Bertz CT molecular complexity index is 1050. The number of likely N-dealkylation sites (tertiary alicyclic amines) is 1. The van der Waals surface area contributed by atoms with Crippen LogP contribution in [0.3, 0.4) is 0 Å². The third kappa shape index (κ3) is 4.88. The highest BCUT2D eigenvalue weighted by Crippen LogP contribution is 2.25. The number of amides is 2. The molecule has 4 heterocycles. The molecule has 2 aliphatic heterocycles. The van der Waals surface area contributed by atoms with Crippen molar-refractivity contribution in [1.29, 1.82) is 0 Å². The molecular weight excluding hydrogens is 426 g/mol. The number of carbonyl (C=O) groups is 2. The molecule has 0 radical (unpaired) electrons. The summed E-state index contributed by atoms with van der Waals surface area (Å²) in [6.07, 6.45) is 4.13. The lowest BCUT2D eigenvalue weighted by molar-refractivity contribution is -0.137. The van der Waals surface area contributed by atoms with Gasteiger partial charge in [-0.25, -0.2) is 4.98 Å². The van der Waals surface area contributed by atoms with Gasteiger partial charge in [-0.3, -0.25) is 19.3 Å². The lowest BCUT2D eigenvalue weighted by Crippen LogP contribution is -2.53. The predicted molar refractivity (Wildman–Crippen MR) is 126 cm³/mol. The van der Waals surface area contributed by atoms with Gasteiger partial charge in [0.15, 0.2) is 0 Å². The minimum Gasteiger partial charge on any atom is -0.340 e. The van der Waals surface area contributed by atoms with E-state index in [4.69, 9.17) is 0 Å². The van der Waals surface area contributed by atoms with Crippen LogP contribution >= 0.6 is 11.3 Å². The molecule has 0 aliphatic carbocycles. The quantitative estimate of drug-likeness (QED) is 0.740. The molecule has 1 N–H and O–H groups in total. The number of aromatic amines is 1. The van der Waals surface area contributed by atoms with E-state index in [2.05, 4.69) is 21.8 Å². The first-order chi connectivity index (χ1) is 15.3. The van der Waals surface area contributed by atoms with Crippen molar-refractivity contribution in [3.63, 3.8) is 0 Å². The SMILES string of the molecule is Cc1sc2nc(CCC(=O)N3CCN(CC(=O)N4CCCCC4C)CC3)[nH]c(=O)c2c1C. The van der Waals surface area contributed by atoms with Gasteiger partial charge in [0.2, 0.25) is 11.8 Å². The molecule has 0 aromatic carbocycles. The molecule has 2 amide bonds. The van der Waals surface area contributed by atoms with Gasteiger partial charge in [-0.1, -0.05) is 0 Å². The maximum atomic E-state index is 12.7. The molecule has 0 bridgehead atoms. The number of hydrogen-bond acceptors (Lipinski definition) is 6. The number of piperidine rings is 1. The number of thiophene rings is 1. The predicted octanol–water partition coefficient (Wildman–Crippen LogP) is 2.08. The lowest BCUT2D eigenvalue weighted by Gasteiger charge is -2.38. The highest BCUT2D eigenvalue weighted by molar-refractivity contribution is 7.18. The van der Waals surface area contributed by atoms with Gasteiger partial charge in [0, 0.05) is 56.5 Å². The van der Waals surface area contributed by atoms with Gasteiger partial charge in [-0.05, 0) is 45.6 Å². The molecule has 4 rings (SSSR count). The zero-order valence-electron chi connectivity index (χ0n) is 19.3. The zero-order chi connectivity index (χ0) is 22.8. The Morgan fingerprint density at radius 1 is 1.09 bits per heavy atom. The van der Waals surface area contributed by atoms with E-state index >= 15 is 0 Å². The monoisotopic (exact) mass is 459 g/mol. The number of carbonyl (C=O) groups excluding carboxylic acids is 2. The fourth-order valence-corrected chi connectivity index (χ4v) is 5.76. The fourth-order valence-electron chi connectivity index (χ4n) is 4.71. The Labute approximate surface area is 192 Å². The van der Waals surface area contributed by atoms with Gasteiger partial charge in [0.25, 0.3) is 5.56 Å². The van der Waals surface area contributed by atoms with E-state index in [0.29, 0.717) is 62.8 Å². The number of piperazine rings is 1. The largest absolute Gasteiger partial charge is 0.340 e. The average molecular weight is 460 g/mol. The van der Waals surface area contributed by atoms with E-state index in [0.717, 1.165) is 34.7 Å². The topological polar surface area (TPSA) is 89.6 Å². The van der Waals surface area contributed by atoms with Crippen LogP contribution in [-0.4, -0.2) is 81.8 Å². The van der Waals surface area contributed by atoms with E-state index in [1.165, 1.54) is 17.8 Å². The van der Waals surface area contributed by atoms with E-state index in [1.807, 2.05) is 23.6 Å². The molecule has 1 atom stereocenters. The molecular formula is C23H33N5O3S. The smallest absolute Gasteiger partial charge is 0.259 e. The van der Waals surface area contributed by atoms with Gasteiger partial charge in [0.1, 0.15) is 10.7 Å². The van der Waals surface area contributed by atoms with Crippen molar-refractivity contribution in [3.05, 3.63) is 26.6 Å². The fraction of sp³-hybridized carbons (Fsp3) is 0.652. The normalized spacial score (nSPS) is 20.2. The molecule has 0 saturated carbocycles. The molecule has 2 aromatic rings. The number of aromatic nitrogens is 2. The number of fused-ring (bicyclic) bond motifs is 1. The van der Waals surface area contributed by atoms with E-state index in [-0.39, 0.29) is 17.4 Å². The summed E-state index contributed by atoms with van der Waals surface area (Å²) in [5.74, 6) is 0.848. The van der Waals surface area contributed by atoms with E-state index in [1.54, 1.807) is 0 Å². The van der Waals surface area contributed by atoms with Gasteiger partial charge in [-0.2, -0.15) is 0 Å². The summed E-state index contributed by atoms with van der Waals surface area (Å²) >= 11 is 1.52. The lowest BCUT2D eigenvalue weighted by atomic mass is 10.0. The van der Waals surface area contributed by atoms with Crippen molar-refractivity contribution >= 4 is 33.4 Å². The first-order valence-electron chi connectivity index (χ1n) is 11.6. The summed E-state index contributed by atoms with van der Waals surface area (Å²) in [6.45, 7) is 10.1. The molecule has 2 saturated heterocycles. The Balaban J connectivity index is 1.26. The summed E-state index contributed by atoms with van der Waals surface area (Å²) in [7, 11) is 0. The Kier molecular flexibility index (Phi) is 6.95. The summed E-state index contributed by atoms with van der Waals surface area (Å²) in [5.41, 5.74) is 0.855. The van der Waals surface area contributed by atoms with Crippen molar-refractivity contribution in [2.75, 3.05) is 39.3 Å². The molecule has 9 heteroatoms. The average Bonchev–Trinajstić information content (AvgIpc) is 3.06. The summed E-state index contributed by atoms with van der Waals surface area (Å²) in [5, 5.41) is 0.659. The van der Waals surface area contributed by atoms with Gasteiger partial charge in [-0.15, -0.1) is 11.3 Å². The maximum absolute atomic E-state index is 12.7. The molecule has 32 heavy (non-hydrogen) atoms. The maximum Gasteiger partial charge on any atom is 0.259 e. The van der Waals surface area contributed by atoms with Crippen LogP contribution in [0.25, 0.3) is 10.2 Å². The molecule has 2 aliphatic rings. The van der Waals surface area contributed by atoms with Crippen LogP contribution in [0.15, 0.2) is 4.79 Å². The van der Waals surface area contributed by atoms with Gasteiger partial charge in [0.05, 0.1) is 11.9 Å². The van der Waals surface area contributed by atoms with Crippen molar-refractivity contribution in [2.45, 2.75) is 58.9 Å². The van der Waals surface area contributed by atoms with Crippen molar-refractivity contribution in [3.8, 4) is 0 Å². The van der Waals surface area contributed by atoms with Crippen LogP contribution < -0.4 is 5.56 Å². The van der Waals surface area contributed by atoms with Crippen LogP contribution in [0.1, 0.15) is 48.9 Å². The Morgan fingerprint density at radius 2 is 1.84 bits per heavy atom. The first kappa shape index (κ1) is 22.9. The minimum absolute atomic E-state index is 0.0712. The number of H-pyrrole nitrogens is 1. The molecule has 174 valence electrons. The van der Waals surface area contributed by atoms with Gasteiger partial charge < -0.3 is 14.8 Å². The Morgan fingerprint density at radius 3 is 2.56 bits per heavy atom. The molecule has 1 unspecified atom stereocenters. The van der Waals surface area contributed by atoms with Crippen molar-refractivity contribution < 1.29 is 9.59 Å². The summed E-state index contributed by atoms with van der Waals surface area (Å²) in [4.78, 5) is 53.1. The second-order valence-electron chi connectivity index (χ2n) is 9.06. The number of rotatable bonds is 5. The second kappa shape index (κ2) is 9.70. The van der Waals surface area contributed by atoms with Gasteiger partial charge >= 0.3 is 0 Å². The van der Waals surface area contributed by atoms with E-state index in [9.17, 15) is 14.4 Å². The number of hydrogen-bond donors (Lipinski definition) is 1. The molecule has 2 fully saturated rings. The van der Waals surface area contributed by atoms with Crippen molar-refractivity contribution in [1.82, 2.24) is 24.7 Å². The van der Waals surface area contributed by atoms with Crippen LogP contribution in [0.2, 0.25) is 0 Å². The third-order valence-electron chi connectivity index (χ3n) is 6.87. The molecule has 8 nitrogen and oxygen atoms in total. The van der Waals surface area contributed by atoms with Crippen molar-refractivity contribution in [2.24, 2.45) is 0 Å². The number of aryl methyl sites for hydroxylation is 3.